The van der Waals surface area contributed by atoms with Gasteiger partial charge in [-0.05, 0) is 40.2 Å². The Labute approximate surface area is 135 Å². The molecular weight excluding hydrogens is 346 g/mol. The molecule has 3 aromatic rings. The van der Waals surface area contributed by atoms with Crippen LogP contribution in [0.15, 0.2) is 59.5 Å². The Morgan fingerprint density at radius 1 is 1.23 bits per heavy atom. The number of hydrogen-bond donors (Lipinski definition) is 1. The lowest BCUT2D eigenvalue weighted by Gasteiger charge is -2.04. The first-order valence-corrected chi connectivity index (χ1v) is 7.38. The summed E-state index contributed by atoms with van der Waals surface area (Å²) in [6.07, 6.45) is 5.15. The van der Waals surface area contributed by atoms with Crippen molar-refractivity contribution in [1.82, 2.24) is 25.3 Å². The van der Waals surface area contributed by atoms with Crippen molar-refractivity contribution in [3.8, 4) is 5.69 Å². The van der Waals surface area contributed by atoms with Crippen LogP contribution in [-0.2, 0) is 6.54 Å². The zero-order valence-electron chi connectivity index (χ0n) is 11.5. The number of amides is 1. The van der Waals surface area contributed by atoms with Gasteiger partial charge in [0.25, 0.3) is 5.91 Å². The number of nitrogens with zero attached hydrogens (tertiary/aromatic N) is 4. The molecule has 7 heteroatoms. The van der Waals surface area contributed by atoms with Gasteiger partial charge < -0.3 is 5.32 Å². The predicted octanol–water partition coefficient (Wildman–Crippen LogP) is 2.35. The molecule has 1 aromatic carbocycles. The van der Waals surface area contributed by atoms with E-state index in [0.717, 1.165) is 10.2 Å². The molecule has 0 radical (unpaired) electrons. The lowest BCUT2D eigenvalue weighted by Crippen LogP contribution is -2.23. The molecule has 0 saturated carbocycles. The Hall–Kier alpha value is -2.54. The van der Waals surface area contributed by atoms with E-state index in [0.29, 0.717) is 17.8 Å². The van der Waals surface area contributed by atoms with Crippen LogP contribution < -0.4 is 5.32 Å². The van der Waals surface area contributed by atoms with E-state index in [9.17, 15) is 4.79 Å². The van der Waals surface area contributed by atoms with Crippen LogP contribution in [0.5, 0.6) is 0 Å². The highest BCUT2D eigenvalue weighted by Crippen LogP contribution is 2.15. The van der Waals surface area contributed by atoms with Gasteiger partial charge in [0.05, 0.1) is 30.2 Å². The molecule has 6 nitrogen and oxygen atoms in total. The molecule has 110 valence electrons. The molecule has 3 rings (SSSR count). The molecule has 0 spiro atoms. The van der Waals surface area contributed by atoms with Crippen molar-refractivity contribution in [2.75, 3.05) is 0 Å². The maximum atomic E-state index is 12.1. The van der Waals surface area contributed by atoms with Crippen molar-refractivity contribution in [3.05, 3.63) is 70.7 Å². The van der Waals surface area contributed by atoms with Crippen molar-refractivity contribution < 1.29 is 4.79 Å². The van der Waals surface area contributed by atoms with Crippen molar-refractivity contribution in [2.24, 2.45) is 0 Å². The first-order chi connectivity index (χ1) is 10.7. The minimum Gasteiger partial charge on any atom is -0.346 e. The van der Waals surface area contributed by atoms with Crippen LogP contribution in [0.2, 0.25) is 0 Å². The van der Waals surface area contributed by atoms with Gasteiger partial charge in [-0.15, -0.1) is 5.10 Å². The topological polar surface area (TPSA) is 72.7 Å². The normalized spacial score (nSPS) is 10.4. The molecule has 2 aromatic heterocycles. The summed E-state index contributed by atoms with van der Waals surface area (Å²) in [4.78, 5) is 16.1. The van der Waals surface area contributed by atoms with E-state index in [1.807, 2.05) is 30.3 Å². The average molecular weight is 358 g/mol. The van der Waals surface area contributed by atoms with Crippen LogP contribution in [0.4, 0.5) is 0 Å². The number of nitrogens with one attached hydrogen (secondary N) is 1. The summed E-state index contributed by atoms with van der Waals surface area (Å²) in [6, 6.07) is 11.0. The number of aromatic nitrogens is 4. The number of hydrogen-bond acceptors (Lipinski definition) is 4. The van der Waals surface area contributed by atoms with Gasteiger partial charge in [-0.2, -0.15) is 0 Å². The third kappa shape index (κ3) is 3.20. The fraction of sp³-hybridized carbons (Fsp3) is 0.0667. The third-order valence-corrected chi connectivity index (χ3v) is 3.69. The van der Waals surface area contributed by atoms with Crippen molar-refractivity contribution in [1.29, 1.82) is 0 Å². The summed E-state index contributed by atoms with van der Waals surface area (Å²) in [7, 11) is 0. The Morgan fingerprint density at radius 3 is 2.86 bits per heavy atom. The maximum absolute atomic E-state index is 12.1. The van der Waals surface area contributed by atoms with Crippen molar-refractivity contribution >= 4 is 21.8 Å². The number of rotatable bonds is 4. The summed E-state index contributed by atoms with van der Waals surface area (Å²) >= 11 is 3.36. The average Bonchev–Trinajstić information content (AvgIpc) is 3.03. The zero-order chi connectivity index (χ0) is 15.4. The first kappa shape index (κ1) is 14.4. The molecule has 1 N–H and O–H groups in total. The number of halogens is 1. The molecule has 22 heavy (non-hydrogen) atoms. The van der Waals surface area contributed by atoms with Crippen LogP contribution in [0.1, 0.15) is 16.1 Å². The van der Waals surface area contributed by atoms with Gasteiger partial charge in [0.2, 0.25) is 0 Å². The Morgan fingerprint density at radius 2 is 2.09 bits per heavy atom. The van der Waals surface area contributed by atoms with Crippen LogP contribution in [0, 0.1) is 0 Å². The number of carbonyl (C=O) groups is 1. The van der Waals surface area contributed by atoms with Gasteiger partial charge in [-0.3, -0.25) is 9.78 Å². The molecule has 0 atom stereocenters. The molecule has 0 unspecified atom stereocenters. The molecule has 0 fully saturated rings. The van der Waals surface area contributed by atoms with Crippen LogP contribution in [0.3, 0.4) is 0 Å². The van der Waals surface area contributed by atoms with Crippen LogP contribution >= 0.6 is 15.9 Å². The van der Waals surface area contributed by atoms with Crippen molar-refractivity contribution in [2.45, 2.75) is 6.54 Å². The fourth-order valence-electron chi connectivity index (χ4n) is 1.91. The van der Waals surface area contributed by atoms with Gasteiger partial charge in [0, 0.05) is 10.7 Å². The first-order valence-electron chi connectivity index (χ1n) is 6.58. The van der Waals surface area contributed by atoms with E-state index in [4.69, 9.17) is 0 Å². The highest BCUT2D eigenvalue weighted by atomic mass is 79.9. The molecule has 0 bridgehead atoms. The Balaban J connectivity index is 1.67. The van der Waals surface area contributed by atoms with Gasteiger partial charge >= 0.3 is 0 Å². The lowest BCUT2D eigenvalue weighted by molar-refractivity contribution is 0.0949. The molecule has 0 aliphatic heterocycles. The summed E-state index contributed by atoms with van der Waals surface area (Å²) in [5, 5.41) is 10.9. The van der Waals surface area contributed by atoms with Gasteiger partial charge in [-0.1, -0.05) is 17.3 Å². The Bertz CT molecular complexity index is 787. The van der Waals surface area contributed by atoms with E-state index in [-0.39, 0.29) is 5.91 Å². The number of benzene rings is 1. The fourth-order valence-corrected chi connectivity index (χ4v) is 2.37. The third-order valence-electron chi connectivity index (χ3n) is 3.00. The monoisotopic (exact) mass is 357 g/mol. The summed E-state index contributed by atoms with van der Waals surface area (Å²) < 4.78 is 2.37. The minimum absolute atomic E-state index is 0.164. The van der Waals surface area contributed by atoms with Crippen LogP contribution in [-0.4, -0.2) is 25.9 Å². The zero-order valence-corrected chi connectivity index (χ0v) is 13.1. The Kier molecular flexibility index (Phi) is 4.24. The second kappa shape index (κ2) is 6.48. The van der Waals surface area contributed by atoms with Gasteiger partial charge in [-0.25, -0.2) is 4.68 Å². The van der Waals surface area contributed by atoms with Gasteiger partial charge in [0.15, 0.2) is 0 Å². The SMILES string of the molecule is O=C(NCc1cn(-c2cccnc2)nn1)c1ccccc1Br. The smallest absolute Gasteiger partial charge is 0.252 e. The largest absolute Gasteiger partial charge is 0.346 e. The lowest BCUT2D eigenvalue weighted by atomic mass is 10.2. The summed E-state index contributed by atoms with van der Waals surface area (Å²) in [5.74, 6) is -0.164. The summed E-state index contributed by atoms with van der Waals surface area (Å²) in [5.41, 5.74) is 2.07. The second-order valence-electron chi connectivity index (χ2n) is 4.53. The molecular formula is C15H12BrN5O. The van der Waals surface area contributed by atoms with Crippen LogP contribution in [0.25, 0.3) is 5.69 Å². The highest BCUT2D eigenvalue weighted by Gasteiger charge is 2.10. The molecule has 0 aliphatic rings. The molecule has 0 aliphatic carbocycles. The predicted molar refractivity (Wildman–Crippen MR) is 84.5 cm³/mol. The number of pyridine rings is 1. The van der Waals surface area contributed by atoms with E-state index < -0.39 is 0 Å². The summed E-state index contributed by atoms with van der Waals surface area (Å²) in [6.45, 7) is 0.306. The quantitative estimate of drug-likeness (QED) is 0.777. The second-order valence-corrected chi connectivity index (χ2v) is 5.38. The van der Waals surface area contributed by atoms with E-state index in [1.54, 1.807) is 29.3 Å². The van der Waals surface area contributed by atoms with Gasteiger partial charge in [0.1, 0.15) is 5.69 Å². The number of carbonyl (C=O) groups excluding carboxylic acids is 1. The van der Waals surface area contributed by atoms with E-state index in [1.165, 1.54) is 0 Å². The minimum atomic E-state index is -0.164. The highest BCUT2D eigenvalue weighted by molar-refractivity contribution is 9.10. The molecule has 1 amide bonds. The molecule has 0 saturated heterocycles. The standard InChI is InChI=1S/C15H12BrN5O/c16-14-6-2-1-5-13(14)15(22)18-8-11-10-21(20-19-11)12-4-3-7-17-9-12/h1-7,9-10H,8H2,(H,18,22). The molecule has 2 heterocycles. The maximum Gasteiger partial charge on any atom is 0.252 e. The van der Waals surface area contributed by atoms with E-state index >= 15 is 0 Å². The van der Waals surface area contributed by atoms with E-state index in [2.05, 4.69) is 36.5 Å². The van der Waals surface area contributed by atoms with Crippen molar-refractivity contribution in [3.63, 3.8) is 0 Å².